The van der Waals surface area contributed by atoms with Gasteiger partial charge in [0, 0.05) is 35.9 Å². The van der Waals surface area contributed by atoms with E-state index in [1.807, 2.05) is 6.07 Å². The number of carbonyl (C=O) groups is 3. The first-order valence-corrected chi connectivity index (χ1v) is 10.3. The van der Waals surface area contributed by atoms with Crippen molar-refractivity contribution in [2.75, 3.05) is 6.54 Å². The smallest absolute Gasteiger partial charge is 0.325 e. The summed E-state index contributed by atoms with van der Waals surface area (Å²) in [5, 5.41) is 26.2. The van der Waals surface area contributed by atoms with Gasteiger partial charge in [0.1, 0.15) is 16.9 Å². The number of urea groups is 1. The minimum absolute atomic E-state index is 0.0340. The van der Waals surface area contributed by atoms with Crippen molar-refractivity contribution in [3.63, 3.8) is 0 Å². The molecule has 0 saturated carbocycles. The summed E-state index contributed by atoms with van der Waals surface area (Å²) in [5.41, 5.74) is 1.68. The monoisotopic (exact) mass is 427 g/mol. The highest BCUT2D eigenvalue weighted by Crippen LogP contribution is 2.33. The molecule has 2 heterocycles. The molecule has 1 aromatic carbocycles. The van der Waals surface area contributed by atoms with Crippen molar-refractivity contribution < 1.29 is 29.1 Å². The molecule has 0 bridgehead atoms. The van der Waals surface area contributed by atoms with E-state index in [1.54, 1.807) is 26.0 Å². The maximum absolute atomic E-state index is 12.3. The van der Waals surface area contributed by atoms with Crippen molar-refractivity contribution in [1.82, 2.24) is 10.2 Å². The molecule has 1 atom stereocenters. The number of imide groups is 1. The van der Waals surface area contributed by atoms with Gasteiger partial charge in [0.25, 0.3) is 5.91 Å². The number of furan rings is 1. The first-order valence-electron chi connectivity index (χ1n) is 10.3. The van der Waals surface area contributed by atoms with Crippen LogP contribution in [0.3, 0.4) is 0 Å². The van der Waals surface area contributed by atoms with Crippen LogP contribution in [0.25, 0.3) is 11.0 Å². The number of oxime groups is 1. The molecule has 0 radical (unpaired) electrons. The number of aliphatic carboxylic acids is 1. The number of aryl methyl sites for hydroxylation is 2. The van der Waals surface area contributed by atoms with E-state index in [0.29, 0.717) is 11.1 Å². The van der Waals surface area contributed by atoms with Gasteiger partial charge in [-0.2, -0.15) is 0 Å². The number of amides is 3. The van der Waals surface area contributed by atoms with Gasteiger partial charge in [-0.05, 0) is 39.2 Å². The van der Waals surface area contributed by atoms with Crippen molar-refractivity contribution in [2.45, 2.75) is 51.5 Å². The number of carboxylic acid groups (broad SMARTS) is 1. The van der Waals surface area contributed by atoms with Gasteiger partial charge in [0.05, 0.1) is 11.6 Å². The molecule has 0 unspecified atom stereocenters. The average Bonchev–Trinajstić information content (AvgIpc) is 3.34. The summed E-state index contributed by atoms with van der Waals surface area (Å²) in [6, 6.07) is 4.94. The topological polar surface area (TPSA) is 132 Å². The van der Waals surface area contributed by atoms with Crippen molar-refractivity contribution in [2.24, 2.45) is 11.1 Å². The molecule has 3 amide bonds. The molecule has 1 fully saturated rings. The lowest BCUT2D eigenvalue weighted by Gasteiger charge is -2.18. The molecular weight excluding hydrogens is 402 g/mol. The predicted octanol–water partition coefficient (Wildman–Crippen LogP) is 2.91. The van der Waals surface area contributed by atoms with Crippen molar-refractivity contribution in [3.05, 3.63) is 35.1 Å². The molecule has 1 aromatic heterocycles. The van der Waals surface area contributed by atoms with Crippen LogP contribution in [-0.2, 0) is 22.4 Å². The normalized spacial score (nSPS) is 19.0. The molecule has 4 rings (SSSR count). The van der Waals surface area contributed by atoms with Gasteiger partial charge < -0.3 is 20.0 Å². The lowest BCUT2D eigenvalue weighted by atomic mass is 9.94. The molecule has 9 nitrogen and oxygen atoms in total. The van der Waals surface area contributed by atoms with E-state index in [1.165, 1.54) is 5.56 Å². The molecule has 1 aliphatic carbocycles. The maximum Gasteiger partial charge on any atom is 0.325 e. The number of carbonyl (C=O) groups excluding carboxylic acids is 2. The van der Waals surface area contributed by atoms with Gasteiger partial charge in [-0.15, -0.1) is 0 Å². The van der Waals surface area contributed by atoms with E-state index in [2.05, 4.69) is 10.5 Å². The first-order chi connectivity index (χ1) is 14.7. The summed E-state index contributed by atoms with van der Waals surface area (Å²) in [6.45, 7) is 3.16. The molecular formula is C22H25N3O6. The van der Waals surface area contributed by atoms with Crippen LogP contribution in [0, 0.1) is 5.92 Å². The largest absolute Gasteiger partial charge is 0.481 e. The summed E-state index contributed by atoms with van der Waals surface area (Å²) < 4.78 is 5.91. The Labute approximate surface area is 178 Å². The first kappa shape index (κ1) is 20.9. The molecule has 2 aliphatic rings. The molecule has 2 aromatic rings. The van der Waals surface area contributed by atoms with Crippen LogP contribution in [0.1, 0.15) is 50.0 Å². The lowest BCUT2D eigenvalue weighted by molar-refractivity contribution is -0.142. The van der Waals surface area contributed by atoms with Gasteiger partial charge >= 0.3 is 12.0 Å². The van der Waals surface area contributed by atoms with Gasteiger partial charge in [-0.25, -0.2) is 4.79 Å². The Balaban J connectivity index is 1.49. The summed E-state index contributed by atoms with van der Waals surface area (Å²) in [7, 11) is 0. The number of nitrogens with one attached hydrogen (secondary N) is 1. The number of rotatable bonds is 7. The summed E-state index contributed by atoms with van der Waals surface area (Å²) in [5.74, 6) is -1.44. The number of benzene rings is 1. The fraction of sp³-hybridized carbons (Fsp3) is 0.455. The van der Waals surface area contributed by atoms with E-state index in [-0.39, 0.29) is 25.1 Å². The van der Waals surface area contributed by atoms with Crippen molar-refractivity contribution in [3.8, 4) is 0 Å². The number of hydrogen-bond donors (Lipinski definition) is 3. The fourth-order valence-corrected chi connectivity index (χ4v) is 4.35. The van der Waals surface area contributed by atoms with Gasteiger partial charge in [-0.3, -0.25) is 14.5 Å². The Hall–Kier alpha value is -3.36. The van der Waals surface area contributed by atoms with E-state index < -0.39 is 29.4 Å². The Kier molecular flexibility index (Phi) is 5.20. The Morgan fingerprint density at radius 1 is 1.32 bits per heavy atom. The number of carboxylic acids is 1. The Morgan fingerprint density at radius 3 is 2.74 bits per heavy atom. The van der Waals surface area contributed by atoms with Crippen LogP contribution in [0.4, 0.5) is 4.79 Å². The number of fused-ring (bicyclic) bond motifs is 3. The van der Waals surface area contributed by atoms with Crippen LogP contribution in [0.15, 0.2) is 27.8 Å². The zero-order valence-corrected chi connectivity index (χ0v) is 17.5. The quantitative estimate of drug-likeness (QED) is 0.269. The van der Waals surface area contributed by atoms with E-state index >= 15 is 0 Å². The molecule has 0 spiro atoms. The Bertz CT molecular complexity index is 1100. The molecule has 3 N–H and O–H groups in total. The zero-order chi connectivity index (χ0) is 22.3. The van der Waals surface area contributed by atoms with Crippen LogP contribution in [-0.4, -0.2) is 50.9 Å². The zero-order valence-electron chi connectivity index (χ0n) is 17.5. The summed E-state index contributed by atoms with van der Waals surface area (Å²) in [4.78, 5) is 37.2. The number of nitrogens with zero attached hydrogens (tertiary/aromatic N) is 2. The third-order valence-corrected chi connectivity index (χ3v) is 6.10. The second-order valence-corrected chi connectivity index (χ2v) is 8.65. The second kappa shape index (κ2) is 7.72. The fourth-order valence-electron chi connectivity index (χ4n) is 4.35. The average molecular weight is 427 g/mol. The summed E-state index contributed by atoms with van der Waals surface area (Å²) >= 11 is 0. The predicted molar refractivity (Wildman–Crippen MR) is 111 cm³/mol. The molecule has 164 valence electrons. The van der Waals surface area contributed by atoms with Gasteiger partial charge in [0.2, 0.25) is 0 Å². The SMILES string of the molecule is CC1(C)NC(=O)N(CC[C@@H](CC(=NO)c2ccc3c4c(oc3c2)CCC4)C(=O)O)C1=O. The number of hydrogen-bond acceptors (Lipinski definition) is 6. The maximum atomic E-state index is 12.3. The van der Waals surface area contributed by atoms with E-state index in [9.17, 15) is 24.7 Å². The minimum atomic E-state index is -1.09. The van der Waals surface area contributed by atoms with Gasteiger partial charge in [-0.1, -0.05) is 17.3 Å². The highest BCUT2D eigenvalue weighted by atomic mass is 16.4. The standard InChI is InChI=1S/C22H25N3O6/c1-22(2)20(28)25(21(29)23-22)9-8-13(19(26)27)10-16(24-30)12-6-7-15-14-4-3-5-17(14)31-18(15)11-12/h6-7,11,13,30H,3-5,8-10H2,1-2H3,(H,23,29)(H,26,27)/t13-/m0/s1. The minimum Gasteiger partial charge on any atom is -0.481 e. The summed E-state index contributed by atoms with van der Waals surface area (Å²) in [6.07, 6.45) is 2.94. The van der Waals surface area contributed by atoms with Crippen molar-refractivity contribution in [1.29, 1.82) is 0 Å². The molecule has 31 heavy (non-hydrogen) atoms. The highest BCUT2D eigenvalue weighted by Gasteiger charge is 2.44. The third-order valence-electron chi connectivity index (χ3n) is 6.10. The molecule has 1 saturated heterocycles. The lowest BCUT2D eigenvalue weighted by Crippen LogP contribution is -2.40. The second-order valence-electron chi connectivity index (χ2n) is 8.65. The Morgan fingerprint density at radius 2 is 2.10 bits per heavy atom. The van der Waals surface area contributed by atoms with Crippen LogP contribution >= 0.6 is 0 Å². The van der Waals surface area contributed by atoms with Gasteiger partial charge in [0.15, 0.2) is 0 Å². The van der Waals surface area contributed by atoms with Crippen LogP contribution in [0.5, 0.6) is 0 Å². The van der Waals surface area contributed by atoms with E-state index in [0.717, 1.165) is 35.3 Å². The highest BCUT2D eigenvalue weighted by molar-refractivity contribution is 6.06. The van der Waals surface area contributed by atoms with Crippen LogP contribution < -0.4 is 5.32 Å². The molecule has 9 heteroatoms. The third kappa shape index (κ3) is 3.75. The van der Waals surface area contributed by atoms with E-state index in [4.69, 9.17) is 4.42 Å². The molecule has 1 aliphatic heterocycles. The van der Waals surface area contributed by atoms with Crippen molar-refractivity contribution >= 4 is 34.6 Å². The van der Waals surface area contributed by atoms with Crippen LogP contribution in [0.2, 0.25) is 0 Å².